The van der Waals surface area contributed by atoms with E-state index in [0.29, 0.717) is 12.0 Å². The van der Waals surface area contributed by atoms with Gasteiger partial charge in [-0.1, -0.05) is 29.8 Å². The van der Waals surface area contributed by atoms with Gasteiger partial charge < -0.3 is 4.74 Å². The summed E-state index contributed by atoms with van der Waals surface area (Å²) in [6.07, 6.45) is 1.70. The minimum absolute atomic E-state index is 0.493. The quantitative estimate of drug-likeness (QED) is 0.688. The summed E-state index contributed by atoms with van der Waals surface area (Å²) < 4.78 is 5.55. The fourth-order valence-corrected chi connectivity index (χ4v) is 1.73. The van der Waals surface area contributed by atoms with Crippen molar-refractivity contribution in [2.45, 2.75) is 32.3 Å². The molecule has 1 aromatic carbocycles. The molecule has 1 aliphatic rings. The van der Waals surface area contributed by atoms with Crippen LogP contribution in [-0.4, -0.2) is 12.7 Å². The molecule has 2 unspecified atom stereocenters. The summed E-state index contributed by atoms with van der Waals surface area (Å²) in [5.41, 5.74) is 2.77. The summed E-state index contributed by atoms with van der Waals surface area (Å²) in [6, 6.07) is 8.80. The molecule has 1 saturated carbocycles. The van der Waals surface area contributed by atoms with Gasteiger partial charge in [-0.3, -0.25) is 0 Å². The Hall–Kier alpha value is -0.820. The van der Waals surface area contributed by atoms with E-state index in [2.05, 4.69) is 38.1 Å². The van der Waals surface area contributed by atoms with Crippen molar-refractivity contribution in [3.05, 3.63) is 35.4 Å². The molecule has 0 aromatic heterocycles. The monoisotopic (exact) mass is 176 g/mol. The first kappa shape index (κ1) is 8.76. The molecule has 1 aromatic rings. The van der Waals surface area contributed by atoms with Crippen molar-refractivity contribution in [2.24, 2.45) is 0 Å². The smallest absolute Gasteiger partial charge is 0.0651 e. The van der Waals surface area contributed by atoms with Gasteiger partial charge in [0.25, 0.3) is 0 Å². The summed E-state index contributed by atoms with van der Waals surface area (Å²) in [6.45, 7) is 5.02. The molecule has 1 fully saturated rings. The van der Waals surface area contributed by atoms with E-state index >= 15 is 0 Å². The van der Waals surface area contributed by atoms with Gasteiger partial charge in [0.05, 0.1) is 6.10 Å². The highest BCUT2D eigenvalue weighted by Crippen LogP contribution is 2.43. The van der Waals surface area contributed by atoms with Crippen LogP contribution in [0.25, 0.3) is 0 Å². The van der Waals surface area contributed by atoms with Crippen LogP contribution in [0, 0.1) is 6.92 Å². The third-order valence-electron chi connectivity index (χ3n) is 2.62. The van der Waals surface area contributed by atoms with Gasteiger partial charge in [0.2, 0.25) is 0 Å². The van der Waals surface area contributed by atoms with Crippen LogP contribution in [0.2, 0.25) is 0 Å². The summed E-state index contributed by atoms with van der Waals surface area (Å²) in [5, 5.41) is 0. The van der Waals surface area contributed by atoms with E-state index in [1.807, 2.05) is 0 Å². The molecule has 13 heavy (non-hydrogen) atoms. The van der Waals surface area contributed by atoms with Crippen molar-refractivity contribution in [3.8, 4) is 0 Å². The van der Waals surface area contributed by atoms with Gasteiger partial charge in [-0.15, -0.1) is 0 Å². The maximum atomic E-state index is 5.55. The second-order valence-electron chi connectivity index (χ2n) is 3.75. The highest BCUT2D eigenvalue weighted by Gasteiger charge is 2.38. The maximum Gasteiger partial charge on any atom is 0.0651 e. The molecule has 0 radical (unpaired) electrons. The van der Waals surface area contributed by atoms with E-state index in [1.54, 1.807) is 0 Å². The molecule has 0 bridgehead atoms. The molecule has 0 aliphatic heterocycles. The molecule has 0 heterocycles. The normalized spacial score (nSPS) is 26.0. The lowest BCUT2D eigenvalue weighted by molar-refractivity contribution is 0.128. The molecular formula is C12H16O. The Labute approximate surface area is 79.7 Å². The van der Waals surface area contributed by atoms with Crippen LogP contribution < -0.4 is 0 Å². The van der Waals surface area contributed by atoms with Crippen molar-refractivity contribution in [2.75, 3.05) is 6.61 Å². The van der Waals surface area contributed by atoms with Crippen molar-refractivity contribution in [1.82, 2.24) is 0 Å². The van der Waals surface area contributed by atoms with Gasteiger partial charge in [0, 0.05) is 12.5 Å². The first-order chi connectivity index (χ1) is 6.31. The molecule has 1 heteroatoms. The third kappa shape index (κ3) is 1.92. The van der Waals surface area contributed by atoms with Crippen LogP contribution in [0.3, 0.4) is 0 Å². The average Bonchev–Trinajstić information content (AvgIpc) is 2.86. The largest absolute Gasteiger partial charge is 0.378 e. The minimum atomic E-state index is 0.493. The Bertz CT molecular complexity index is 276. The van der Waals surface area contributed by atoms with Crippen molar-refractivity contribution in [1.29, 1.82) is 0 Å². The molecule has 70 valence electrons. The van der Waals surface area contributed by atoms with Crippen LogP contribution in [0.1, 0.15) is 30.4 Å². The summed E-state index contributed by atoms with van der Waals surface area (Å²) >= 11 is 0. The zero-order valence-electron chi connectivity index (χ0n) is 8.29. The van der Waals surface area contributed by atoms with Gasteiger partial charge in [-0.2, -0.15) is 0 Å². The summed E-state index contributed by atoms with van der Waals surface area (Å²) in [4.78, 5) is 0. The molecule has 2 rings (SSSR count). The third-order valence-corrected chi connectivity index (χ3v) is 2.62. The van der Waals surface area contributed by atoms with Gasteiger partial charge in [-0.05, 0) is 25.8 Å². The Kier molecular flexibility index (Phi) is 2.36. The van der Waals surface area contributed by atoms with Gasteiger partial charge >= 0.3 is 0 Å². The Morgan fingerprint density at radius 2 is 2.00 bits per heavy atom. The molecule has 1 aliphatic carbocycles. The zero-order valence-corrected chi connectivity index (χ0v) is 8.29. The Morgan fingerprint density at radius 1 is 1.31 bits per heavy atom. The second kappa shape index (κ2) is 3.51. The van der Waals surface area contributed by atoms with E-state index in [9.17, 15) is 0 Å². The lowest BCUT2D eigenvalue weighted by atomic mass is 10.1. The van der Waals surface area contributed by atoms with Crippen molar-refractivity contribution in [3.63, 3.8) is 0 Å². The minimum Gasteiger partial charge on any atom is -0.378 e. The number of hydrogen-bond acceptors (Lipinski definition) is 1. The number of benzene rings is 1. The van der Waals surface area contributed by atoms with Crippen LogP contribution in [0.15, 0.2) is 24.3 Å². The van der Waals surface area contributed by atoms with Crippen LogP contribution in [0.5, 0.6) is 0 Å². The first-order valence-corrected chi connectivity index (χ1v) is 4.99. The predicted octanol–water partition coefficient (Wildman–Crippen LogP) is 2.89. The highest BCUT2D eigenvalue weighted by molar-refractivity contribution is 5.29. The van der Waals surface area contributed by atoms with Gasteiger partial charge in [-0.25, -0.2) is 0 Å². The molecular weight excluding hydrogens is 160 g/mol. The van der Waals surface area contributed by atoms with Crippen LogP contribution in [-0.2, 0) is 4.74 Å². The molecule has 2 atom stereocenters. The SMILES string of the molecule is CCOC1CC1c1ccc(C)cc1. The fraction of sp³-hybridized carbons (Fsp3) is 0.500. The molecule has 0 amide bonds. The Morgan fingerprint density at radius 3 is 2.62 bits per heavy atom. The first-order valence-electron chi connectivity index (χ1n) is 4.99. The molecule has 0 saturated heterocycles. The van der Waals surface area contributed by atoms with E-state index in [-0.39, 0.29) is 0 Å². The van der Waals surface area contributed by atoms with E-state index < -0.39 is 0 Å². The van der Waals surface area contributed by atoms with Gasteiger partial charge in [0.1, 0.15) is 0 Å². The van der Waals surface area contributed by atoms with Crippen LogP contribution >= 0.6 is 0 Å². The topological polar surface area (TPSA) is 9.23 Å². The van der Waals surface area contributed by atoms with Crippen molar-refractivity contribution < 1.29 is 4.74 Å². The highest BCUT2D eigenvalue weighted by atomic mass is 16.5. The van der Waals surface area contributed by atoms with E-state index in [1.165, 1.54) is 17.5 Å². The predicted molar refractivity (Wildman–Crippen MR) is 54.0 cm³/mol. The average molecular weight is 176 g/mol. The number of ether oxygens (including phenoxy) is 1. The second-order valence-corrected chi connectivity index (χ2v) is 3.75. The molecule has 1 nitrogen and oxygen atoms in total. The fourth-order valence-electron chi connectivity index (χ4n) is 1.73. The Balaban J connectivity index is 2.00. The summed E-state index contributed by atoms with van der Waals surface area (Å²) in [7, 11) is 0. The lowest BCUT2D eigenvalue weighted by Crippen LogP contribution is -1.95. The lowest BCUT2D eigenvalue weighted by Gasteiger charge is -2.01. The van der Waals surface area contributed by atoms with E-state index in [4.69, 9.17) is 4.74 Å². The summed E-state index contributed by atoms with van der Waals surface area (Å²) in [5.74, 6) is 0.667. The standard InChI is InChI=1S/C12H16O/c1-3-13-12-8-11(12)10-6-4-9(2)5-7-10/h4-7,11-12H,3,8H2,1-2H3. The molecule has 0 spiro atoms. The maximum absolute atomic E-state index is 5.55. The van der Waals surface area contributed by atoms with E-state index in [0.717, 1.165) is 6.61 Å². The number of hydrogen-bond donors (Lipinski definition) is 0. The number of rotatable bonds is 3. The molecule has 0 N–H and O–H groups in total. The van der Waals surface area contributed by atoms with Crippen LogP contribution in [0.4, 0.5) is 0 Å². The number of aryl methyl sites for hydroxylation is 1. The zero-order chi connectivity index (χ0) is 9.26. The van der Waals surface area contributed by atoms with Gasteiger partial charge in [0.15, 0.2) is 0 Å². The van der Waals surface area contributed by atoms with Crippen molar-refractivity contribution >= 4 is 0 Å².